The number of furan rings is 1. The molecule has 0 aliphatic carbocycles. The zero-order chi connectivity index (χ0) is 22.8. The molecule has 0 saturated heterocycles. The first-order chi connectivity index (χ1) is 15.4. The Bertz CT molecular complexity index is 1310. The van der Waals surface area contributed by atoms with E-state index in [0.29, 0.717) is 22.4 Å². The third-order valence-corrected chi connectivity index (χ3v) is 5.30. The number of aryl methyl sites for hydroxylation is 1. The van der Waals surface area contributed by atoms with E-state index in [1.807, 2.05) is 0 Å². The Morgan fingerprint density at radius 3 is 2.53 bits per heavy atom. The van der Waals surface area contributed by atoms with Crippen LogP contribution in [0.1, 0.15) is 28.6 Å². The molecule has 0 saturated carbocycles. The van der Waals surface area contributed by atoms with Crippen molar-refractivity contribution in [1.29, 1.82) is 0 Å². The number of rotatable bonds is 7. The monoisotopic (exact) mass is 435 g/mol. The van der Waals surface area contributed by atoms with Gasteiger partial charge in [0.2, 0.25) is 0 Å². The molecule has 0 spiro atoms. The van der Waals surface area contributed by atoms with E-state index in [4.69, 9.17) is 9.62 Å². The minimum absolute atomic E-state index is 0.130. The standard InChI is InChI=1S/C23H21N3O6/c1-25-18-6-3-2-5-16(18)22(28)21(23(25)29)19(27)13-17(20-7-4-12-32-20)24-14-8-10-15(11-9-14)26(30)31/h2-12,17,24,26,28,30H,13H2,1H3/t17-/m0/s1. The quantitative estimate of drug-likeness (QED) is 0.259. The largest absolute Gasteiger partial charge is 0.595 e. The van der Waals surface area contributed by atoms with Gasteiger partial charge in [-0.05, 0) is 36.4 Å². The van der Waals surface area contributed by atoms with Gasteiger partial charge in [-0.3, -0.25) is 9.59 Å². The first-order valence-electron chi connectivity index (χ1n) is 9.84. The van der Waals surface area contributed by atoms with E-state index in [1.165, 1.54) is 23.0 Å². The second kappa shape index (κ2) is 8.67. The number of carbonyl (C=O) groups excluding carboxylic acids is 1. The Morgan fingerprint density at radius 1 is 1.16 bits per heavy atom. The third kappa shape index (κ3) is 4.00. The van der Waals surface area contributed by atoms with Gasteiger partial charge in [-0.25, -0.2) is 5.21 Å². The highest BCUT2D eigenvalue weighted by Gasteiger charge is 2.26. The Morgan fingerprint density at radius 2 is 1.88 bits per heavy atom. The highest BCUT2D eigenvalue weighted by atomic mass is 16.8. The summed E-state index contributed by atoms with van der Waals surface area (Å²) in [7, 11) is 1.55. The Kier molecular flexibility index (Phi) is 5.78. The first kappa shape index (κ1) is 21.3. The zero-order valence-electron chi connectivity index (χ0n) is 17.1. The van der Waals surface area contributed by atoms with E-state index < -0.39 is 22.6 Å². The summed E-state index contributed by atoms with van der Waals surface area (Å²) in [5.41, 5.74) is 0.345. The summed E-state index contributed by atoms with van der Waals surface area (Å²) in [5.74, 6) is -0.444. The topological polar surface area (TPSA) is 132 Å². The molecule has 0 aliphatic heterocycles. The Balaban J connectivity index is 1.68. The molecule has 0 fully saturated rings. The van der Waals surface area contributed by atoms with E-state index in [-0.39, 0.29) is 23.4 Å². The number of quaternary nitrogens is 1. The van der Waals surface area contributed by atoms with Gasteiger partial charge in [0.05, 0.1) is 17.8 Å². The smallest absolute Gasteiger partial charge is 0.265 e. The Hall–Kier alpha value is -3.92. The number of aromatic nitrogens is 1. The maximum absolute atomic E-state index is 13.2. The maximum atomic E-state index is 13.2. The summed E-state index contributed by atoms with van der Waals surface area (Å²) in [6.07, 6.45) is 1.30. The van der Waals surface area contributed by atoms with Crippen LogP contribution >= 0.6 is 0 Å². The molecule has 2 heterocycles. The number of pyridine rings is 1. The third-order valence-electron chi connectivity index (χ3n) is 5.30. The van der Waals surface area contributed by atoms with Gasteiger partial charge in [-0.1, -0.05) is 12.1 Å². The van der Waals surface area contributed by atoms with E-state index >= 15 is 0 Å². The number of anilines is 1. The molecule has 9 heteroatoms. The molecule has 164 valence electrons. The average Bonchev–Trinajstić information content (AvgIpc) is 3.32. The number of carbonyl (C=O) groups is 1. The van der Waals surface area contributed by atoms with Gasteiger partial charge in [0.1, 0.15) is 17.1 Å². The number of nitrogens with zero attached hydrogens (tertiary/aromatic N) is 1. The lowest BCUT2D eigenvalue weighted by atomic mass is 10.00. The van der Waals surface area contributed by atoms with E-state index in [9.17, 15) is 19.9 Å². The van der Waals surface area contributed by atoms with Crippen LogP contribution in [0.4, 0.5) is 11.4 Å². The number of hydrogen-bond donors (Lipinski definition) is 4. The number of para-hydroxylation sites is 1. The molecule has 32 heavy (non-hydrogen) atoms. The summed E-state index contributed by atoms with van der Waals surface area (Å²) < 4.78 is 6.80. The van der Waals surface area contributed by atoms with Crippen molar-refractivity contribution in [3.63, 3.8) is 0 Å². The molecule has 2 aromatic heterocycles. The van der Waals surface area contributed by atoms with Crippen LogP contribution in [0.2, 0.25) is 0 Å². The van der Waals surface area contributed by atoms with Gasteiger partial charge in [0.15, 0.2) is 11.5 Å². The number of fused-ring (bicyclic) bond motifs is 1. The minimum atomic E-state index is -1.04. The van der Waals surface area contributed by atoms with Crippen molar-refractivity contribution >= 4 is 28.1 Å². The van der Waals surface area contributed by atoms with E-state index in [1.54, 1.807) is 55.6 Å². The molecular formula is C23H21N3O6. The van der Waals surface area contributed by atoms with Crippen LogP contribution in [0.25, 0.3) is 10.9 Å². The highest BCUT2D eigenvalue weighted by molar-refractivity contribution is 6.03. The second-order valence-corrected chi connectivity index (χ2v) is 7.33. The van der Waals surface area contributed by atoms with Crippen LogP contribution in [0.3, 0.4) is 0 Å². The number of ketones is 1. The first-order valence-corrected chi connectivity index (χ1v) is 9.84. The molecule has 4 aromatic rings. The van der Waals surface area contributed by atoms with Crippen LogP contribution in [0.5, 0.6) is 5.75 Å². The number of Topliss-reactive ketones (excluding diaryl/α,β-unsaturated/α-hetero) is 1. The van der Waals surface area contributed by atoms with Gasteiger partial charge in [0.25, 0.3) is 5.56 Å². The molecule has 4 N–H and O–H groups in total. The molecule has 0 bridgehead atoms. The molecule has 9 nitrogen and oxygen atoms in total. The summed E-state index contributed by atoms with van der Waals surface area (Å²) in [6.45, 7) is 0. The van der Waals surface area contributed by atoms with Crippen LogP contribution in [-0.2, 0) is 7.05 Å². The number of nitrogens with one attached hydrogen (secondary N) is 2. The zero-order valence-corrected chi connectivity index (χ0v) is 17.1. The van der Waals surface area contributed by atoms with Crippen LogP contribution in [0.15, 0.2) is 76.1 Å². The maximum Gasteiger partial charge on any atom is 0.265 e. The van der Waals surface area contributed by atoms with Gasteiger partial charge < -0.3 is 24.6 Å². The lowest BCUT2D eigenvalue weighted by Gasteiger charge is -2.19. The molecule has 0 aliphatic rings. The molecule has 2 aromatic carbocycles. The highest BCUT2D eigenvalue weighted by Crippen LogP contribution is 2.30. The predicted octanol–water partition coefficient (Wildman–Crippen LogP) is 2.67. The lowest BCUT2D eigenvalue weighted by Crippen LogP contribution is -2.99. The fourth-order valence-corrected chi connectivity index (χ4v) is 3.64. The fraction of sp³-hybridized carbons (Fsp3) is 0.130. The number of aromatic hydroxyl groups is 1. The number of hydrogen-bond acceptors (Lipinski definition) is 7. The van der Waals surface area contributed by atoms with Crippen molar-refractivity contribution in [1.82, 2.24) is 4.57 Å². The number of benzene rings is 2. The summed E-state index contributed by atoms with van der Waals surface area (Å²) in [5, 5.41) is 33.4. The Labute approximate surface area is 182 Å². The lowest BCUT2D eigenvalue weighted by molar-refractivity contribution is -0.991. The van der Waals surface area contributed by atoms with Crippen LogP contribution in [-0.4, -0.2) is 20.7 Å². The summed E-state index contributed by atoms with van der Waals surface area (Å²) in [4.78, 5) is 26.0. The molecule has 0 amide bonds. The van der Waals surface area contributed by atoms with Crippen molar-refractivity contribution in [2.75, 3.05) is 5.32 Å². The molecule has 1 unspecified atom stereocenters. The van der Waals surface area contributed by atoms with Crippen molar-refractivity contribution in [3.05, 3.63) is 93.8 Å². The molecule has 0 radical (unpaired) electrons. The molecule has 2 atom stereocenters. The van der Waals surface area contributed by atoms with Gasteiger partial charge in [-0.2, -0.15) is 5.23 Å². The van der Waals surface area contributed by atoms with Gasteiger partial charge >= 0.3 is 0 Å². The van der Waals surface area contributed by atoms with E-state index in [0.717, 1.165) is 0 Å². The predicted molar refractivity (Wildman–Crippen MR) is 117 cm³/mol. The van der Waals surface area contributed by atoms with Gasteiger partial charge in [-0.15, -0.1) is 0 Å². The average molecular weight is 435 g/mol. The van der Waals surface area contributed by atoms with Crippen molar-refractivity contribution in [3.8, 4) is 5.75 Å². The normalized spacial score (nSPS) is 13.1. The van der Waals surface area contributed by atoms with Crippen molar-refractivity contribution in [2.24, 2.45) is 7.05 Å². The SMILES string of the molecule is Cn1c(=O)c(C(=O)C[C@H](Nc2ccc([NH+]([O-])O)cc2)c2ccco2)c(O)c2ccccc21. The van der Waals surface area contributed by atoms with Crippen molar-refractivity contribution in [2.45, 2.75) is 12.5 Å². The fourth-order valence-electron chi connectivity index (χ4n) is 3.64. The van der Waals surface area contributed by atoms with E-state index in [2.05, 4.69) is 5.32 Å². The minimum Gasteiger partial charge on any atom is -0.595 e. The second-order valence-electron chi connectivity index (χ2n) is 7.33. The summed E-state index contributed by atoms with van der Waals surface area (Å²) in [6, 6.07) is 15.6. The van der Waals surface area contributed by atoms with Crippen molar-refractivity contribution < 1.29 is 24.8 Å². The van der Waals surface area contributed by atoms with Crippen LogP contribution in [0, 0.1) is 5.21 Å². The van der Waals surface area contributed by atoms with Crippen LogP contribution < -0.4 is 16.1 Å². The van der Waals surface area contributed by atoms with Gasteiger partial charge in [0, 0.05) is 36.7 Å². The summed E-state index contributed by atoms with van der Waals surface area (Å²) >= 11 is 0. The molecular weight excluding hydrogens is 414 g/mol. The molecule has 4 rings (SSSR count).